The van der Waals surface area contributed by atoms with Gasteiger partial charge in [-0.2, -0.15) is 5.26 Å². The number of nitriles is 1. The van der Waals surface area contributed by atoms with Crippen molar-refractivity contribution in [2.45, 2.75) is 49.2 Å². The van der Waals surface area contributed by atoms with E-state index in [-0.39, 0.29) is 12.8 Å². The molecule has 0 radical (unpaired) electrons. The van der Waals surface area contributed by atoms with Crippen molar-refractivity contribution in [1.82, 2.24) is 0 Å². The zero-order valence-electron chi connectivity index (χ0n) is 11.5. The van der Waals surface area contributed by atoms with E-state index in [9.17, 15) is 22.5 Å². The summed E-state index contributed by atoms with van der Waals surface area (Å²) in [6, 6.07) is 4.08. The van der Waals surface area contributed by atoms with Crippen LogP contribution in [0.3, 0.4) is 0 Å². The summed E-state index contributed by atoms with van der Waals surface area (Å²) < 4.78 is 50.5. The van der Waals surface area contributed by atoms with E-state index in [1.165, 1.54) is 0 Å². The first-order valence-electron chi connectivity index (χ1n) is 6.45. The van der Waals surface area contributed by atoms with E-state index in [0.717, 1.165) is 12.1 Å². The Morgan fingerprint density at radius 3 is 2.20 bits per heavy atom. The molecule has 0 saturated heterocycles. The van der Waals surface area contributed by atoms with Gasteiger partial charge in [0.25, 0.3) is 0 Å². The van der Waals surface area contributed by atoms with Gasteiger partial charge in [-0.05, 0) is 31.0 Å². The van der Waals surface area contributed by atoms with E-state index in [0.29, 0.717) is 18.9 Å². The van der Waals surface area contributed by atoms with Crippen LogP contribution in [0.5, 0.6) is 0 Å². The molecule has 0 aromatic heterocycles. The van der Waals surface area contributed by atoms with Crippen molar-refractivity contribution in [2.75, 3.05) is 0 Å². The third-order valence-electron chi connectivity index (χ3n) is 3.21. The maximum Gasteiger partial charge on any atom is 0.200 e. The summed E-state index contributed by atoms with van der Waals surface area (Å²) in [7, 11) is -4.27. The highest BCUT2D eigenvalue weighted by Gasteiger charge is 2.45. The summed E-state index contributed by atoms with van der Waals surface area (Å²) in [5, 5.41) is 9.35. The van der Waals surface area contributed by atoms with Crippen LogP contribution in [0.25, 0.3) is 0 Å². The van der Waals surface area contributed by atoms with Gasteiger partial charge in [0.15, 0.2) is 14.6 Å². The van der Waals surface area contributed by atoms with E-state index < -0.39 is 31.1 Å². The summed E-state index contributed by atoms with van der Waals surface area (Å²) in [5.41, 5.74) is 0. The Balaban J connectivity index is 3.52. The minimum atomic E-state index is -4.27. The van der Waals surface area contributed by atoms with Crippen LogP contribution in [0.4, 0.5) is 8.78 Å². The van der Waals surface area contributed by atoms with Crippen molar-refractivity contribution in [3.63, 3.8) is 0 Å². The van der Waals surface area contributed by atoms with Gasteiger partial charge in [-0.15, -0.1) is 0 Å². The van der Waals surface area contributed by atoms with Crippen LogP contribution in [-0.4, -0.2) is 13.2 Å². The zero-order valence-corrected chi connectivity index (χ0v) is 12.3. The lowest BCUT2D eigenvalue weighted by molar-refractivity contribution is 0.497. The van der Waals surface area contributed by atoms with Crippen LogP contribution in [0.1, 0.15) is 39.5 Å². The molecular formula is C14H17F2NO2S. The number of nitrogens with zero attached hydrogens (tertiary/aromatic N) is 1. The second-order valence-corrected chi connectivity index (χ2v) is 6.91. The highest BCUT2D eigenvalue weighted by atomic mass is 32.2. The Morgan fingerprint density at radius 1 is 1.20 bits per heavy atom. The smallest absolute Gasteiger partial charge is 0.200 e. The molecule has 20 heavy (non-hydrogen) atoms. The molecule has 0 saturated carbocycles. The fraction of sp³-hybridized carbons (Fsp3) is 0.500. The SMILES string of the molecule is CCCC(C#N)(CCC)S(=O)(=O)c1cc(F)ccc1F. The summed E-state index contributed by atoms with van der Waals surface area (Å²) in [4.78, 5) is -0.735. The number of rotatable bonds is 6. The minimum absolute atomic E-state index is 0.0929. The van der Waals surface area contributed by atoms with Crippen molar-refractivity contribution >= 4 is 9.84 Å². The highest BCUT2D eigenvalue weighted by molar-refractivity contribution is 7.93. The van der Waals surface area contributed by atoms with E-state index in [1.807, 2.05) is 6.07 Å². The topological polar surface area (TPSA) is 57.9 Å². The molecule has 6 heteroatoms. The summed E-state index contributed by atoms with van der Waals surface area (Å²) in [6.45, 7) is 3.50. The number of benzene rings is 1. The van der Waals surface area contributed by atoms with Gasteiger partial charge in [0, 0.05) is 0 Å². The summed E-state index contributed by atoms with van der Waals surface area (Å²) in [6.07, 6.45) is 1.11. The molecule has 0 aliphatic rings. The molecule has 1 rings (SSSR count). The molecule has 110 valence electrons. The molecule has 0 N–H and O–H groups in total. The van der Waals surface area contributed by atoms with Gasteiger partial charge in [0.1, 0.15) is 16.5 Å². The lowest BCUT2D eigenvalue weighted by Gasteiger charge is -2.26. The van der Waals surface area contributed by atoms with E-state index in [4.69, 9.17) is 0 Å². The van der Waals surface area contributed by atoms with Crippen LogP contribution < -0.4 is 0 Å². The molecule has 0 unspecified atom stereocenters. The van der Waals surface area contributed by atoms with Gasteiger partial charge >= 0.3 is 0 Å². The van der Waals surface area contributed by atoms with Gasteiger partial charge < -0.3 is 0 Å². The monoisotopic (exact) mass is 301 g/mol. The van der Waals surface area contributed by atoms with Crippen molar-refractivity contribution in [3.05, 3.63) is 29.8 Å². The third-order valence-corrected chi connectivity index (χ3v) is 5.63. The number of sulfone groups is 1. The Kier molecular flexibility index (Phi) is 5.23. The Labute approximate surface area is 118 Å². The standard InChI is InChI=1S/C14H17F2NO2S/c1-3-7-14(10-17,8-4-2)20(18,19)13-9-11(15)5-6-12(13)16/h5-6,9H,3-4,7-8H2,1-2H3. The van der Waals surface area contributed by atoms with Crippen LogP contribution >= 0.6 is 0 Å². The van der Waals surface area contributed by atoms with E-state index in [1.54, 1.807) is 13.8 Å². The Hall–Kier alpha value is -1.48. The quantitative estimate of drug-likeness (QED) is 0.806. The van der Waals surface area contributed by atoms with Crippen LogP contribution in [0, 0.1) is 23.0 Å². The van der Waals surface area contributed by atoms with Crippen molar-refractivity contribution < 1.29 is 17.2 Å². The number of hydrogen-bond donors (Lipinski definition) is 0. The zero-order chi connectivity index (χ0) is 15.4. The Morgan fingerprint density at radius 2 is 1.75 bits per heavy atom. The van der Waals surface area contributed by atoms with Crippen molar-refractivity contribution in [2.24, 2.45) is 0 Å². The molecule has 0 aliphatic carbocycles. The first kappa shape index (κ1) is 16.6. The van der Waals surface area contributed by atoms with Gasteiger partial charge in [-0.25, -0.2) is 17.2 Å². The molecule has 0 heterocycles. The maximum atomic E-state index is 13.8. The van der Waals surface area contributed by atoms with Gasteiger partial charge in [0.05, 0.1) is 6.07 Å². The molecule has 1 aromatic carbocycles. The van der Waals surface area contributed by atoms with Gasteiger partial charge in [-0.1, -0.05) is 26.7 Å². The third kappa shape index (κ3) is 2.83. The first-order valence-corrected chi connectivity index (χ1v) is 7.94. The van der Waals surface area contributed by atoms with Crippen molar-refractivity contribution in [3.8, 4) is 6.07 Å². The van der Waals surface area contributed by atoms with Crippen LogP contribution in [-0.2, 0) is 9.84 Å². The molecule has 0 atom stereocenters. The Bertz CT molecular complexity index is 615. The van der Waals surface area contributed by atoms with Crippen LogP contribution in [0.2, 0.25) is 0 Å². The second-order valence-electron chi connectivity index (χ2n) is 4.68. The largest absolute Gasteiger partial charge is 0.222 e. The first-order chi connectivity index (χ1) is 9.34. The lowest BCUT2D eigenvalue weighted by Crippen LogP contribution is -2.37. The second kappa shape index (κ2) is 6.31. The predicted octanol–water partition coefficient (Wildman–Crippen LogP) is 3.60. The molecular weight excluding hydrogens is 284 g/mol. The highest BCUT2D eigenvalue weighted by Crippen LogP contribution is 2.35. The van der Waals surface area contributed by atoms with Crippen molar-refractivity contribution in [1.29, 1.82) is 5.26 Å². The number of halogens is 2. The van der Waals surface area contributed by atoms with Crippen LogP contribution in [0.15, 0.2) is 23.1 Å². The normalized spacial score (nSPS) is 12.2. The number of hydrogen-bond acceptors (Lipinski definition) is 3. The lowest BCUT2D eigenvalue weighted by atomic mass is 9.99. The molecule has 1 aromatic rings. The average Bonchev–Trinajstić information content (AvgIpc) is 2.40. The molecule has 0 spiro atoms. The summed E-state index contributed by atoms with van der Waals surface area (Å²) >= 11 is 0. The average molecular weight is 301 g/mol. The fourth-order valence-corrected chi connectivity index (χ4v) is 4.35. The predicted molar refractivity (Wildman–Crippen MR) is 71.7 cm³/mol. The molecule has 3 nitrogen and oxygen atoms in total. The summed E-state index contributed by atoms with van der Waals surface area (Å²) in [5.74, 6) is -1.87. The van der Waals surface area contributed by atoms with E-state index in [2.05, 4.69) is 0 Å². The van der Waals surface area contributed by atoms with E-state index >= 15 is 0 Å². The fourth-order valence-electron chi connectivity index (χ4n) is 2.27. The van der Waals surface area contributed by atoms with Gasteiger partial charge in [-0.3, -0.25) is 0 Å². The minimum Gasteiger partial charge on any atom is -0.222 e. The molecule has 0 fully saturated rings. The molecule has 0 aliphatic heterocycles. The van der Waals surface area contributed by atoms with Gasteiger partial charge in [0.2, 0.25) is 0 Å². The maximum absolute atomic E-state index is 13.8. The molecule has 0 amide bonds. The molecule has 0 bridgehead atoms.